The van der Waals surface area contributed by atoms with Gasteiger partial charge in [0.05, 0.1) is 12.7 Å². The second-order valence-electron chi connectivity index (χ2n) is 7.93. The van der Waals surface area contributed by atoms with Crippen LogP contribution in [0.4, 0.5) is 0 Å². The van der Waals surface area contributed by atoms with Crippen molar-refractivity contribution in [1.82, 2.24) is 0 Å². The van der Waals surface area contributed by atoms with Crippen molar-refractivity contribution in [2.45, 2.75) is 72.1 Å². The van der Waals surface area contributed by atoms with Crippen molar-refractivity contribution in [3.63, 3.8) is 0 Å². The van der Waals surface area contributed by atoms with Gasteiger partial charge in [0.25, 0.3) is 0 Å². The van der Waals surface area contributed by atoms with Crippen LogP contribution in [0.5, 0.6) is 0 Å². The van der Waals surface area contributed by atoms with E-state index in [4.69, 9.17) is 13.9 Å². The summed E-state index contributed by atoms with van der Waals surface area (Å²) in [6, 6.07) is 0. The predicted octanol–water partition coefficient (Wildman–Crippen LogP) is 4.29. The molecule has 3 nitrogen and oxygen atoms in total. The maximum Gasteiger partial charge on any atom is 0.192 e. The van der Waals surface area contributed by atoms with Crippen molar-refractivity contribution >= 4 is 8.32 Å². The summed E-state index contributed by atoms with van der Waals surface area (Å²) < 4.78 is 17.9. The van der Waals surface area contributed by atoms with Crippen molar-refractivity contribution in [3.05, 3.63) is 0 Å². The highest BCUT2D eigenvalue weighted by molar-refractivity contribution is 6.74. The average molecular weight is 303 g/mol. The van der Waals surface area contributed by atoms with Crippen LogP contribution < -0.4 is 0 Å². The van der Waals surface area contributed by atoms with E-state index in [1.807, 2.05) is 0 Å². The van der Waals surface area contributed by atoms with Gasteiger partial charge >= 0.3 is 0 Å². The van der Waals surface area contributed by atoms with Gasteiger partial charge in [-0.3, -0.25) is 0 Å². The van der Waals surface area contributed by atoms with E-state index in [0.717, 1.165) is 0 Å². The third-order valence-corrected chi connectivity index (χ3v) is 10.1. The summed E-state index contributed by atoms with van der Waals surface area (Å²) >= 11 is 0. The first-order valence-electron chi connectivity index (χ1n) is 7.83. The molecule has 1 aliphatic heterocycles. The maximum atomic E-state index is 6.34. The summed E-state index contributed by atoms with van der Waals surface area (Å²) in [7, 11) is 0.0213. The van der Waals surface area contributed by atoms with E-state index >= 15 is 0 Å². The minimum absolute atomic E-state index is 0.103. The molecule has 20 heavy (non-hydrogen) atoms. The summed E-state index contributed by atoms with van der Waals surface area (Å²) in [6.45, 7) is 18.9. The molecule has 1 rings (SSSR count). The van der Waals surface area contributed by atoms with Crippen molar-refractivity contribution in [1.29, 1.82) is 0 Å². The first-order valence-corrected chi connectivity index (χ1v) is 10.7. The minimum Gasteiger partial charge on any atom is -0.414 e. The summed E-state index contributed by atoms with van der Waals surface area (Å²) in [6.07, 6.45) is 0.0366. The van der Waals surface area contributed by atoms with Gasteiger partial charge in [-0.25, -0.2) is 0 Å². The van der Waals surface area contributed by atoms with Crippen LogP contribution in [0.3, 0.4) is 0 Å². The predicted molar refractivity (Wildman–Crippen MR) is 86.3 cm³/mol. The molecular weight excluding hydrogens is 268 g/mol. The molecule has 0 aliphatic carbocycles. The smallest absolute Gasteiger partial charge is 0.192 e. The number of ether oxygens (including phenoxy) is 2. The number of methoxy groups -OCH3 is 1. The molecule has 4 heteroatoms. The normalized spacial score (nSPS) is 36.1. The molecule has 0 aromatic carbocycles. The van der Waals surface area contributed by atoms with Gasteiger partial charge in [0.15, 0.2) is 14.6 Å². The van der Waals surface area contributed by atoms with Gasteiger partial charge in [0.1, 0.15) is 0 Å². The third kappa shape index (κ3) is 3.84. The number of hydrogen-bond acceptors (Lipinski definition) is 3. The lowest BCUT2D eigenvalue weighted by Gasteiger charge is -2.44. The second kappa shape index (κ2) is 6.47. The molecule has 0 saturated carbocycles. The Morgan fingerprint density at radius 3 is 2.00 bits per heavy atom. The summed E-state index contributed by atoms with van der Waals surface area (Å²) in [5.74, 6) is 1.52. The lowest BCUT2D eigenvalue weighted by Crippen LogP contribution is -2.50. The molecule has 1 fully saturated rings. The standard InChI is InChI=1S/C16H34O3Si/c1-11-12(2)14(19-15(17-7)13(11)3)10-18-20(8,9)16(4,5)6/h11-15H,10H2,1-9H3/t11-,12-,13?,14?,15-/m0/s1. The van der Waals surface area contributed by atoms with E-state index in [1.54, 1.807) is 7.11 Å². The second-order valence-corrected chi connectivity index (χ2v) is 12.7. The summed E-state index contributed by atoms with van der Waals surface area (Å²) in [5, 5.41) is 0.241. The molecule has 1 aliphatic rings. The minimum atomic E-state index is -1.71. The van der Waals surface area contributed by atoms with Crippen LogP contribution in [0.1, 0.15) is 41.5 Å². The number of hydrogen-bond donors (Lipinski definition) is 0. The Labute approximate surface area is 126 Å². The fourth-order valence-electron chi connectivity index (χ4n) is 2.45. The lowest BCUT2D eigenvalue weighted by molar-refractivity contribution is -0.243. The van der Waals surface area contributed by atoms with E-state index in [2.05, 4.69) is 54.6 Å². The molecule has 2 unspecified atom stereocenters. The van der Waals surface area contributed by atoms with E-state index in [9.17, 15) is 0 Å². The van der Waals surface area contributed by atoms with E-state index in [0.29, 0.717) is 24.4 Å². The Morgan fingerprint density at radius 1 is 1.00 bits per heavy atom. The largest absolute Gasteiger partial charge is 0.414 e. The fourth-order valence-corrected chi connectivity index (χ4v) is 3.47. The van der Waals surface area contributed by atoms with Crippen LogP contribution >= 0.6 is 0 Å². The van der Waals surface area contributed by atoms with E-state index in [-0.39, 0.29) is 17.4 Å². The molecule has 0 aromatic rings. The van der Waals surface area contributed by atoms with Crippen LogP contribution in [0.25, 0.3) is 0 Å². The van der Waals surface area contributed by atoms with E-state index in [1.165, 1.54) is 0 Å². The molecule has 1 heterocycles. The monoisotopic (exact) mass is 302 g/mol. The first kappa shape index (κ1) is 18.1. The molecule has 0 N–H and O–H groups in total. The van der Waals surface area contributed by atoms with Gasteiger partial charge < -0.3 is 13.9 Å². The Balaban J connectivity index is 2.68. The highest BCUT2D eigenvalue weighted by Crippen LogP contribution is 2.39. The molecule has 0 bridgehead atoms. The van der Waals surface area contributed by atoms with Crippen LogP contribution in [0, 0.1) is 17.8 Å². The summed E-state index contributed by atoms with van der Waals surface area (Å²) in [5.41, 5.74) is 0. The molecule has 0 radical (unpaired) electrons. The van der Waals surface area contributed by atoms with Crippen LogP contribution in [-0.2, 0) is 13.9 Å². The first-order chi connectivity index (χ1) is 9.01. The summed E-state index contributed by atoms with van der Waals surface area (Å²) in [4.78, 5) is 0. The zero-order chi connectivity index (χ0) is 15.7. The highest BCUT2D eigenvalue weighted by atomic mass is 28.4. The van der Waals surface area contributed by atoms with E-state index < -0.39 is 8.32 Å². The van der Waals surface area contributed by atoms with Gasteiger partial charge in [-0.05, 0) is 30.0 Å². The zero-order valence-electron chi connectivity index (χ0n) is 14.8. The fraction of sp³-hybridized carbons (Fsp3) is 1.00. The Bertz CT molecular complexity index is 309. The number of rotatable bonds is 4. The van der Waals surface area contributed by atoms with Crippen molar-refractivity contribution in [2.24, 2.45) is 17.8 Å². The lowest BCUT2D eigenvalue weighted by atomic mass is 9.79. The Kier molecular flexibility index (Phi) is 5.87. The Hall–Kier alpha value is 0.0969. The molecule has 0 spiro atoms. The van der Waals surface area contributed by atoms with Gasteiger partial charge in [-0.2, -0.15) is 0 Å². The molecule has 0 amide bonds. The van der Waals surface area contributed by atoms with Gasteiger partial charge in [-0.15, -0.1) is 0 Å². The van der Waals surface area contributed by atoms with Gasteiger partial charge in [0.2, 0.25) is 0 Å². The quantitative estimate of drug-likeness (QED) is 0.725. The van der Waals surface area contributed by atoms with Crippen LogP contribution in [-0.4, -0.2) is 34.4 Å². The van der Waals surface area contributed by atoms with Crippen molar-refractivity contribution in [3.8, 4) is 0 Å². The van der Waals surface area contributed by atoms with Gasteiger partial charge in [0, 0.05) is 13.0 Å². The molecule has 0 aromatic heterocycles. The SMILES string of the molecule is CO[C@H]1OC(CO[Si](C)(C)C(C)(C)C)[C@@H](C)[C@H](C)C1C. The highest BCUT2D eigenvalue weighted by Gasteiger charge is 2.42. The average Bonchev–Trinajstić information content (AvgIpc) is 2.34. The molecule has 120 valence electrons. The van der Waals surface area contributed by atoms with Crippen LogP contribution in [0.15, 0.2) is 0 Å². The Morgan fingerprint density at radius 2 is 1.55 bits per heavy atom. The van der Waals surface area contributed by atoms with Crippen molar-refractivity contribution < 1.29 is 13.9 Å². The van der Waals surface area contributed by atoms with Crippen molar-refractivity contribution in [2.75, 3.05) is 13.7 Å². The van der Waals surface area contributed by atoms with Gasteiger partial charge in [-0.1, -0.05) is 41.5 Å². The molecule has 5 atom stereocenters. The molecular formula is C16H34O3Si. The third-order valence-electron chi connectivity index (χ3n) is 5.63. The van der Waals surface area contributed by atoms with Crippen LogP contribution in [0.2, 0.25) is 18.1 Å². The molecule has 1 saturated heterocycles. The maximum absolute atomic E-state index is 6.34. The zero-order valence-corrected chi connectivity index (χ0v) is 15.8. The topological polar surface area (TPSA) is 27.7 Å².